The van der Waals surface area contributed by atoms with E-state index in [1.165, 1.54) is 18.4 Å². The molecule has 0 aromatic heterocycles. The summed E-state index contributed by atoms with van der Waals surface area (Å²) < 4.78 is 38.0. The van der Waals surface area contributed by atoms with E-state index in [2.05, 4.69) is 4.72 Å². The van der Waals surface area contributed by atoms with Crippen LogP contribution < -0.4 is 10.5 Å². The molecule has 0 aliphatic rings. The van der Waals surface area contributed by atoms with Crippen molar-refractivity contribution in [2.75, 3.05) is 12.8 Å². The average molecular weight is 355 g/mol. The molecule has 3 N–H and O–H groups in total. The molecule has 2 atom stereocenters. The van der Waals surface area contributed by atoms with Gasteiger partial charge in [0, 0.05) is 34.4 Å². The molecule has 0 heterocycles. The van der Waals surface area contributed by atoms with Gasteiger partial charge in [-0.3, -0.25) is 4.21 Å². The van der Waals surface area contributed by atoms with Gasteiger partial charge in [-0.15, -0.1) is 0 Å². The fraction of sp³-hybridized carbons (Fsp3) is 0.364. The van der Waals surface area contributed by atoms with Crippen molar-refractivity contribution in [3.8, 4) is 0 Å². The Morgan fingerprint density at radius 3 is 2.65 bits per heavy atom. The zero-order valence-corrected chi connectivity index (χ0v) is 14.1. The fourth-order valence-electron chi connectivity index (χ4n) is 1.28. The molecule has 1 aromatic rings. The highest BCUT2D eigenvalue weighted by atomic mass is 35.5. The Labute approximate surface area is 131 Å². The summed E-state index contributed by atoms with van der Waals surface area (Å²) in [5.41, 5.74) is 5.88. The summed E-state index contributed by atoms with van der Waals surface area (Å²) in [6.45, 7) is 1.74. The first-order valence-electron chi connectivity index (χ1n) is 5.56. The quantitative estimate of drug-likeness (QED) is 0.744. The van der Waals surface area contributed by atoms with Crippen LogP contribution in [-0.4, -0.2) is 35.7 Å². The number of nitrogens with one attached hydrogen (secondary N) is 1. The van der Waals surface area contributed by atoms with Crippen LogP contribution in [0.25, 0.3) is 0 Å². The van der Waals surface area contributed by atoms with Gasteiger partial charge in [-0.2, -0.15) is 0 Å². The number of sulfonamides is 1. The molecule has 0 radical (unpaired) electrons. The summed E-state index contributed by atoms with van der Waals surface area (Å²) in [4.78, 5) is -0.0142. The number of halogens is 1. The Balaban J connectivity index is 3.06. The maximum atomic E-state index is 12.2. The Kier molecular flexibility index (Phi) is 6.08. The van der Waals surface area contributed by atoms with Crippen molar-refractivity contribution >= 4 is 49.6 Å². The van der Waals surface area contributed by atoms with E-state index in [1.807, 2.05) is 0 Å². The van der Waals surface area contributed by atoms with Gasteiger partial charge in [0.1, 0.15) is 9.88 Å². The van der Waals surface area contributed by atoms with Gasteiger partial charge >= 0.3 is 0 Å². The molecule has 0 fully saturated rings. The molecule has 1 rings (SSSR count). The SMILES string of the molecule is CC(CNS(=O)(=O)c1cc(C(N)=S)ccc1Cl)S(C)=O. The lowest BCUT2D eigenvalue weighted by Gasteiger charge is -2.12. The van der Waals surface area contributed by atoms with E-state index < -0.39 is 20.8 Å². The van der Waals surface area contributed by atoms with Crippen LogP contribution in [0.15, 0.2) is 23.1 Å². The van der Waals surface area contributed by atoms with Crippen molar-refractivity contribution in [2.24, 2.45) is 5.73 Å². The number of benzene rings is 1. The normalized spacial score (nSPS) is 14.8. The van der Waals surface area contributed by atoms with Crippen LogP contribution in [0.3, 0.4) is 0 Å². The number of hydrogen-bond donors (Lipinski definition) is 2. The second kappa shape index (κ2) is 6.95. The van der Waals surface area contributed by atoms with Crippen molar-refractivity contribution < 1.29 is 12.6 Å². The van der Waals surface area contributed by atoms with Crippen LogP contribution in [0.4, 0.5) is 0 Å². The molecule has 0 aliphatic heterocycles. The number of rotatable bonds is 6. The highest BCUT2D eigenvalue weighted by molar-refractivity contribution is 7.89. The average Bonchev–Trinajstić information content (AvgIpc) is 2.35. The smallest absolute Gasteiger partial charge is 0.242 e. The number of hydrogen-bond acceptors (Lipinski definition) is 4. The van der Waals surface area contributed by atoms with Crippen LogP contribution in [0.1, 0.15) is 12.5 Å². The van der Waals surface area contributed by atoms with Crippen LogP contribution in [0.5, 0.6) is 0 Å². The fourth-order valence-corrected chi connectivity index (χ4v) is 3.49. The number of nitrogens with two attached hydrogens (primary N) is 1. The Bertz CT molecular complexity index is 646. The lowest BCUT2D eigenvalue weighted by molar-refractivity contribution is 0.580. The van der Waals surface area contributed by atoms with E-state index in [4.69, 9.17) is 29.6 Å². The molecule has 0 saturated carbocycles. The van der Waals surface area contributed by atoms with Gasteiger partial charge in [-0.25, -0.2) is 13.1 Å². The first kappa shape index (κ1) is 17.5. The molecule has 5 nitrogen and oxygen atoms in total. The Morgan fingerprint density at radius 1 is 1.55 bits per heavy atom. The Morgan fingerprint density at radius 2 is 2.15 bits per heavy atom. The van der Waals surface area contributed by atoms with E-state index in [0.29, 0.717) is 5.56 Å². The second-order valence-electron chi connectivity index (χ2n) is 4.17. The molecule has 0 amide bonds. The van der Waals surface area contributed by atoms with E-state index >= 15 is 0 Å². The van der Waals surface area contributed by atoms with Gasteiger partial charge in [0.05, 0.1) is 5.02 Å². The molecule has 2 unspecified atom stereocenters. The Hall–Kier alpha value is -0.540. The van der Waals surface area contributed by atoms with Crippen LogP contribution in [0.2, 0.25) is 5.02 Å². The van der Waals surface area contributed by atoms with Crippen molar-refractivity contribution in [3.05, 3.63) is 28.8 Å². The lowest BCUT2D eigenvalue weighted by atomic mass is 10.2. The molecule has 0 spiro atoms. The molecule has 0 saturated heterocycles. The van der Waals surface area contributed by atoms with E-state index in [-0.39, 0.29) is 26.7 Å². The first-order valence-corrected chi connectivity index (χ1v) is 9.45. The zero-order chi connectivity index (χ0) is 15.5. The van der Waals surface area contributed by atoms with Gasteiger partial charge in [-0.1, -0.05) is 29.9 Å². The van der Waals surface area contributed by atoms with Gasteiger partial charge < -0.3 is 5.73 Å². The van der Waals surface area contributed by atoms with Crippen LogP contribution in [-0.2, 0) is 20.8 Å². The second-order valence-corrected chi connectivity index (χ2v) is 8.55. The highest BCUT2D eigenvalue weighted by Gasteiger charge is 2.20. The standard InChI is InChI=1S/C11H15ClN2O3S3/c1-7(19(2)15)6-14-20(16,17)10-5-8(11(13)18)3-4-9(10)12/h3-5,7,14H,6H2,1-2H3,(H2,13,18). The molecule has 0 aliphatic carbocycles. The van der Waals surface area contributed by atoms with Gasteiger partial charge in [0.25, 0.3) is 0 Å². The summed E-state index contributed by atoms with van der Waals surface area (Å²) in [5, 5.41) is -0.231. The van der Waals surface area contributed by atoms with Crippen molar-refractivity contribution in [2.45, 2.75) is 17.1 Å². The molecular formula is C11H15ClN2O3S3. The molecular weight excluding hydrogens is 340 g/mol. The van der Waals surface area contributed by atoms with Gasteiger partial charge in [0.2, 0.25) is 10.0 Å². The van der Waals surface area contributed by atoms with Crippen molar-refractivity contribution in [3.63, 3.8) is 0 Å². The van der Waals surface area contributed by atoms with E-state index in [1.54, 1.807) is 13.0 Å². The molecule has 1 aromatic carbocycles. The third-order valence-corrected chi connectivity index (χ3v) is 6.07. The van der Waals surface area contributed by atoms with Gasteiger partial charge in [-0.05, 0) is 19.1 Å². The summed E-state index contributed by atoms with van der Waals surface area (Å²) in [7, 11) is -4.93. The van der Waals surface area contributed by atoms with E-state index in [9.17, 15) is 12.6 Å². The maximum Gasteiger partial charge on any atom is 0.242 e. The topological polar surface area (TPSA) is 89.3 Å². The van der Waals surface area contributed by atoms with Gasteiger partial charge in [0.15, 0.2) is 0 Å². The summed E-state index contributed by atoms with van der Waals surface area (Å²) in [6.07, 6.45) is 1.51. The summed E-state index contributed by atoms with van der Waals surface area (Å²) in [5.74, 6) is 0. The summed E-state index contributed by atoms with van der Waals surface area (Å²) in [6, 6.07) is 4.29. The summed E-state index contributed by atoms with van der Waals surface area (Å²) >= 11 is 10.7. The van der Waals surface area contributed by atoms with Crippen LogP contribution in [0, 0.1) is 0 Å². The first-order chi connectivity index (χ1) is 9.15. The predicted molar refractivity (Wildman–Crippen MR) is 86.1 cm³/mol. The largest absolute Gasteiger partial charge is 0.389 e. The molecule has 0 bridgehead atoms. The zero-order valence-electron chi connectivity index (χ0n) is 10.9. The molecule has 20 heavy (non-hydrogen) atoms. The maximum absolute atomic E-state index is 12.2. The monoisotopic (exact) mass is 354 g/mol. The third kappa shape index (κ3) is 4.49. The van der Waals surface area contributed by atoms with Crippen molar-refractivity contribution in [1.29, 1.82) is 0 Å². The van der Waals surface area contributed by atoms with Crippen LogP contribution >= 0.6 is 23.8 Å². The minimum absolute atomic E-state index is 0.0546. The minimum Gasteiger partial charge on any atom is -0.389 e. The predicted octanol–water partition coefficient (Wildman–Crippen LogP) is 1.02. The van der Waals surface area contributed by atoms with E-state index in [0.717, 1.165) is 0 Å². The van der Waals surface area contributed by atoms with Crippen molar-refractivity contribution in [1.82, 2.24) is 4.72 Å². The lowest BCUT2D eigenvalue weighted by Crippen LogP contribution is -2.33. The third-order valence-electron chi connectivity index (χ3n) is 2.63. The minimum atomic E-state index is -3.81. The molecule has 9 heteroatoms. The molecule has 112 valence electrons. The number of thiocarbonyl (C=S) groups is 1. The highest BCUT2D eigenvalue weighted by Crippen LogP contribution is 2.22.